The van der Waals surface area contributed by atoms with Crippen LogP contribution in [0.5, 0.6) is 5.75 Å². The molecule has 0 saturated heterocycles. The lowest BCUT2D eigenvalue weighted by molar-refractivity contribution is -0.117. The van der Waals surface area contributed by atoms with Crippen LogP contribution in [0.2, 0.25) is 0 Å². The molecule has 2 aromatic carbocycles. The van der Waals surface area contributed by atoms with E-state index in [0.29, 0.717) is 23.1 Å². The molecule has 1 aliphatic rings. The third kappa shape index (κ3) is 4.10. The van der Waals surface area contributed by atoms with E-state index in [9.17, 15) is 14.7 Å². The van der Waals surface area contributed by atoms with Gasteiger partial charge in [0.05, 0.1) is 34.7 Å². The zero-order valence-electron chi connectivity index (χ0n) is 19.4. The van der Waals surface area contributed by atoms with E-state index in [1.54, 1.807) is 30.3 Å². The second kappa shape index (κ2) is 9.38. The summed E-state index contributed by atoms with van der Waals surface area (Å²) in [5.74, 6) is -1.09. The van der Waals surface area contributed by atoms with Crippen LogP contribution in [-0.2, 0) is 11.2 Å². The van der Waals surface area contributed by atoms with Gasteiger partial charge < -0.3 is 14.3 Å². The van der Waals surface area contributed by atoms with Gasteiger partial charge in [0.25, 0.3) is 5.91 Å². The zero-order valence-corrected chi connectivity index (χ0v) is 20.2. The van der Waals surface area contributed by atoms with Crippen LogP contribution >= 0.6 is 11.3 Å². The van der Waals surface area contributed by atoms with Crippen LogP contribution in [0.25, 0.3) is 10.2 Å². The molecule has 2 aromatic heterocycles. The Balaban J connectivity index is 1.61. The summed E-state index contributed by atoms with van der Waals surface area (Å²) in [5.41, 5.74) is 2.52. The average Bonchev–Trinajstić information content (AvgIpc) is 3.61. The molecule has 3 heterocycles. The third-order valence-electron chi connectivity index (χ3n) is 5.92. The molecule has 35 heavy (non-hydrogen) atoms. The highest BCUT2D eigenvalue weighted by molar-refractivity contribution is 7.22. The number of aromatic nitrogens is 1. The van der Waals surface area contributed by atoms with Crippen LogP contribution in [0.15, 0.2) is 76.6 Å². The number of carbonyl (C=O) groups is 2. The molecule has 1 aliphatic heterocycles. The minimum Gasteiger partial charge on any atom is -0.503 e. The monoisotopic (exact) mass is 488 g/mol. The quantitative estimate of drug-likeness (QED) is 0.305. The van der Waals surface area contributed by atoms with Gasteiger partial charge >= 0.3 is 0 Å². The molecular weight excluding hydrogens is 464 g/mol. The number of furan rings is 1. The number of benzene rings is 2. The van der Waals surface area contributed by atoms with Crippen molar-refractivity contribution in [3.05, 3.63) is 89.1 Å². The van der Waals surface area contributed by atoms with Gasteiger partial charge in [-0.15, -0.1) is 0 Å². The lowest BCUT2D eigenvalue weighted by atomic mass is 9.95. The number of Topliss-reactive ketones (excluding diaryl/α,β-unsaturated/α-hetero) is 1. The van der Waals surface area contributed by atoms with E-state index in [4.69, 9.17) is 9.15 Å². The molecule has 1 atom stereocenters. The largest absolute Gasteiger partial charge is 0.503 e. The Morgan fingerprint density at radius 1 is 1.17 bits per heavy atom. The summed E-state index contributed by atoms with van der Waals surface area (Å²) in [4.78, 5) is 32.8. The minimum absolute atomic E-state index is 0.0410. The summed E-state index contributed by atoms with van der Waals surface area (Å²) in [6, 6.07) is 15.4. The molecule has 1 amide bonds. The first-order chi connectivity index (χ1) is 17.0. The highest BCUT2D eigenvalue weighted by Gasteiger charge is 2.46. The molecule has 0 radical (unpaired) electrons. The van der Waals surface area contributed by atoms with Gasteiger partial charge in [0.1, 0.15) is 5.75 Å². The van der Waals surface area contributed by atoms with Crippen molar-refractivity contribution >= 4 is 38.4 Å². The van der Waals surface area contributed by atoms with E-state index < -0.39 is 23.5 Å². The molecule has 8 heteroatoms. The number of anilines is 1. The van der Waals surface area contributed by atoms with Gasteiger partial charge in [-0.1, -0.05) is 43.4 Å². The molecule has 4 aromatic rings. The van der Waals surface area contributed by atoms with Gasteiger partial charge in [-0.25, -0.2) is 4.98 Å². The van der Waals surface area contributed by atoms with Crippen LogP contribution in [0, 0.1) is 0 Å². The number of hydrogen-bond acceptors (Lipinski definition) is 7. The lowest BCUT2D eigenvalue weighted by Gasteiger charge is -2.24. The number of amides is 1. The third-order valence-corrected chi connectivity index (χ3v) is 6.94. The van der Waals surface area contributed by atoms with Crippen molar-refractivity contribution in [3.63, 3.8) is 0 Å². The SMILES string of the molecule is CCCOc1ccc(C2C(C(=O)c3ccco3)=C(O)C(=O)N2c2nc3ccc(CC)cc3s2)cc1. The van der Waals surface area contributed by atoms with E-state index in [0.717, 1.165) is 28.6 Å². The van der Waals surface area contributed by atoms with Crippen molar-refractivity contribution in [1.29, 1.82) is 0 Å². The Kier molecular flexibility index (Phi) is 6.13. The maximum Gasteiger partial charge on any atom is 0.296 e. The fourth-order valence-corrected chi connectivity index (χ4v) is 5.19. The molecule has 5 rings (SSSR count). The van der Waals surface area contributed by atoms with E-state index in [1.807, 2.05) is 25.1 Å². The molecule has 0 aliphatic carbocycles. The maximum absolute atomic E-state index is 13.4. The number of aliphatic hydroxyl groups is 1. The molecular formula is C27H24N2O5S. The molecule has 0 spiro atoms. The first kappa shape index (κ1) is 22.9. The first-order valence-corrected chi connectivity index (χ1v) is 12.3. The van der Waals surface area contributed by atoms with Crippen molar-refractivity contribution in [2.24, 2.45) is 0 Å². The summed E-state index contributed by atoms with van der Waals surface area (Å²) in [6.07, 6.45) is 3.14. The average molecular weight is 489 g/mol. The minimum atomic E-state index is -0.869. The number of ketones is 1. The summed E-state index contributed by atoms with van der Waals surface area (Å²) in [7, 11) is 0. The Hall–Kier alpha value is -3.91. The predicted octanol–water partition coefficient (Wildman–Crippen LogP) is 6.02. The second-order valence-corrected chi connectivity index (χ2v) is 9.23. The Labute approximate surface area is 206 Å². The van der Waals surface area contributed by atoms with Crippen LogP contribution in [0.3, 0.4) is 0 Å². The fourth-order valence-electron chi connectivity index (χ4n) is 4.14. The summed E-state index contributed by atoms with van der Waals surface area (Å²) in [6.45, 7) is 4.69. The number of aryl methyl sites for hydroxylation is 1. The number of hydrogen-bond donors (Lipinski definition) is 1. The summed E-state index contributed by atoms with van der Waals surface area (Å²) in [5, 5.41) is 11.3. The molecule has 0 bridgehead atoms. The number of nitrogens with zero attached hydrogens (tertiary/aromatic N) is 2. The number of carbonyl (C=O) groups excluding carboxylic acids is 2. The number of ether oxygens (including phenoxy) is 1. The Morgan fingerprint density at radius 2 is 1.97 bits per heavy atom. The molecule has 0 fully saturated rings. The highest BCUT2D eigenvalue weighted by Crippen LogP contribution is 2.44. The van der Waals surface area contributed by atoms with E-state index in [1.165, 1.54) is 28.6 Å². The standard InChI is InChI=1S/C27H24N2O5S/c1-3-13-33-18-10-8-17(9-11-18)23-22(24(30)20-6-5-14-34-20)25(31)26(32)29(23)27-28-19-12-7-16(4-2)15-21(19)35-27/h5-12,14-15,23,31H,3-4,13H2,1-2H3. The van der Waals surface area contributed by atoms with Crippen LogP contribution < -0.4 is 9.64 Å². The molecule has 1 N–H and O–H groups in total. The van der Waals surface area contributed by atoms with Crippen molar-refractivity contribution in [2.45, 2.75) is 32.7 Å². The number of rotatable bonds is 8. The van der Waals surface area contributed by atoms with E-state index in [2.05, 4.69) is 11.9 Å². The molecule has 0 saturated carbocycles. The van der Waals surface area contributed by atoms with Crippen LogP contribution in [0.1, 0.15) is 48.0 Å². The van der Waals surface area contributed by atoms with Crippen molar-refractivity contribution in [1.82, 2.24) is 4.98 Å². The fraction of sp³-hybridized carbons (Fsp3) is 0.222. The topological polar surface area (TPSA) is 92.9 Å². The lowest BCUT2D eigenvalue weighted by Crippen LogP contribution is -2.30. The van der Waals surface area contributed by atoms with Crippen LogP contribution in [0.4, 0.5) is 5.13 Å². The Bertz CT molecular complexity index is 1420. The van der Waals surface area contributed by atoms with Gasteiger partial charge in [0.15, 0.2) is 16.7 Å². The maximum atomic E-state index is 13.4. The van der Waals surface area contributed by atoms with Gasteiger partial charge in [-0.05, 0) is 60.4 Å². The molecule has 7 nitrogen and oxygen atoms in total. The van der Waals surface area contributed by atoms with Crippen molar-refractivity contribution in [2.75, 3.05) is 11.5 Å². The normalized spacial score (nSPS) is 15.9. The first-order valence-electron chi connectivity index (χ1n) is 11.5. The summed E-state index contributed by atoms with van der Waals surface area (Å²) >= 11 is 1.35. The Morgan fingerprint density at radius 3 is 2.66 bits per heavy atom. The second-order valence-electron chi connectivity index (χ2n) is 8.22. The van der Waals surface area contributed by atoms with Gasteiger partial charge in [-0.2, -0.15) is 0 Å². The van der Waals surface area contributed by atoms with E-state index in [-0.39, 0.29) is 11.3 Å². The number of thiazole rings is 1. The number of aliphatic hydroxyl groups excluding tert-OH is 1. The predicted molar refractivity (Wildman–Crippen MR) is 134 cm³/mol. The van der Waals surface area contributed by atoms with Crippen molar-refractivity contribution in [3.8, 4) is 5.75 Å². The van der Waals surface area contributed by atoms with Crippen LogP contribution in [-0.4, -0.2) is 28.4 Å². The molecule has 178 valence electrons. The van der Waals surface area contributed by atoms with Gasteiger partial charge in [-0.3, -0.25) is 14.5 Å². The molecule has 1 unspecified atom stereocenters. The van der Waals surface area contributed by atoms with Gasteiger partial charge in [0, 0.05) is 0 Å². The zero-order chi connectivity index (χ0) is 24.5. The van der Waals surface area contributed by atoms with Gasteiger partial charge in [0.2, 0.25) is 5.78 Å². The summed E-state index contributed by atoms with van der Waals surface area (Å²) < 4.78 is 11.9. The smallest absolute Gasteiger partial charge is 0.296 e. The van der Waals surface area contributed by atoms with Crippen molar-refractivity contribution < 1.29 is 23.8 Å². The van der Waals surface area contributed by atoms with E-state index >= 15 is 0 Å². The number of fused-ring (bicyclic) bond motifs is 1. The highest BCUT2D eigenvalue weighted by atomic mass is 32.1.